The van der Waals surface area contributed by atoms with E-state index in [1.54, 1.807) is 42.5 Å². The van der Waals surface area contributed by atoms with Crippen LogP contribution in [-0.2, 0) is 21.2 Å². The van der Waals surface area contributed by atoms with Crippen molar-refractivity contribution in [3.63, 3.8) is 0 Å². The van der Waals surface area contributed by atoms with Crippen LogP contribution in [0.15, 0.2) is 60.0 Å². The second kappa shape index (κ2) is 9.63. The Hall–Kier alpha value is -3.37. The lowest BCUT2D eigenvalue weighted by atomic mass is 10.00. The molecule has 0 radical (unpaired) electrons. The van der Waals surface area contributed by atoms with Crippen LogP contribution >= 0.6 is 11.3 Å². The number of hydrogen-bond donors (Lipinski definition) is 3. The van der Waals surface area contributed by atoms with E-state index in [9.17, 15) is 18.0 Å². The van der Waals surface area contributed by atoms with E-state index in [4.69, 9.17) is 0 Å². The monoisotopic (exact) mass is 484 g/mol. The van der Waals surface area contributed by atoms with Crippen molar-refractivity contribution in [2.24, 2.45) is 0 Å². The molecule has 0 bridgehead atoms. The summed E-state index contributed by atoms with van der Waals surface area (Å²) in [4.78, 5) is 27.4. The number of benzene rings is 2. The number of amides is 2. The highest BCUT2D eigenvalue weighted by Crippen LogP contribution is 2.33. The Balaban J connectivity index is 1.39. The lowest BCUT2D eigenvalue weighted by molar-refractivity contribution is -0.115. The Kier molecular flexibility index (Phi) is 6.66. The molecule has 1 aromatic heterocycles. The summed E-state index contributed by atoms with van der Waals surface area (Å²) in [5, 5.41) is 7.55. The van der Waals surface area contributed by atoms with Crippen molar-refractivity contribution in [3.05, 3.63) is 70.4 Å². The quantitative estimate of drug-likeness (QED) is 0.473. The fraction of sp³-hybridized carbons (Fsp3) is 0.217. The summed E-state index contributed by atoms with van der Waals surface area (Å²) in [7, 11) is -3.39. The number of nitrogens with one attached hydrogen (secondary N) is 3. The fourth-order valence-electron chi connectivity index (χ4n) is 3.77. The van der Waals surface area contributed by atoms with Crippen LogP contribution in [0.2, 0.25) is 0 Å². The van der Waals surface area contributed by atoms with Crippen LogP contribution < -0.4 is 20.3 Å². The van der Waals surface area contributed by atoms with Gasteiger partial charge in [-0.25, -0.2) is 8.42 Å². The van der Waals surface area contributed by atoms with Gasteiger partial charge < -0.3 is 15.5 Å². The van der Waals surface area contributed by atoms with Crippen LogP contribution in [0.4, 0.5) is 22.7 Å². The molecule has 0 unspecified atom stereocenters. The summed E-state index contributed by atoms with van der Waals surface area (Å²) in [6, 6.07) is 15.9. The first-order valence-corrected chi connectivity index (χ1v) is 13.1. The van der Waals surface area contributed by atoms with Gasteiger partial charge in [0.15, 0.2) is 0 Å². The zero-order chi connectivity index (χ0) is 23.4. The van der Waals surface area contributed by atoms with Gasteiger partial charge in [-0.15, -0.1) is 11.3 Å². The Morgan fingerprint density at radius 2 is 1.73 bits per heavy atom. The molecule has 0 saturated heterocycles. The molecule has 1 aliphatic heterocycles. The van der Waals surface area contributed by atoms with Gasteiger partial charge in [-0.3, -0.25) is 14.3 Å². The molecule has 2 heterocycles. The fourth-order valence-corrected chi connectivity index (χ4v) is 4.98. The van der Waals surface area contributed by atoms with E-state index in [1.165, 1.54) is 11.3 Å². The first-order valence-electron chi connectivity index (χ1n) is 10.4. The van der Waals surface area contributed by atoms with Crippen molar-refractivity contribution < 1.29 is 18.0 Å². The number of rotatable bonds is 7. The molecule has 2 amide bonds. The van der Waals surface area contributed by atoms with Gasteiger partial charge >= 0.3 is 0 Å². The summed E-state index contributed by atoms with van der Waals surface area (Å²) in [6.45, 7) is 0.850. The second-order valence-corrected chi connectivity index (χ2v) is 10.5. The average molecular weight is 485 g/mol. The van der Waals surface area contributed by atoms with Gasteiger partial charge in [0.25, 0.3) is 5.91 Å². The van der Waals surface area contributed by atoms with Crippen molar-refractivity contribution in [2.75, 3.05) is 39.6 Å². The van der Waals surface area contributed by atoms with Crippen LogP contribution in [-0.4, -0.2) is 39.6 Å². The Labute approximate surface area is 196 Å². The predicted octanol–water partition coefficient (Wildman–Crippen LogP) is 3.76. The SMILES string of the molecule is CS(=O)(=O)Nc1cccc2c1CCCN2CC(=O)Nc1ccc(NC(=O)c2cccs2)cc1. The number of hydrogen-bond acceptors (Lipinski definition) is 6. The third-order valence-corrected chi connectivity index (χ3v) is 6.61. The van der Waals surface area contributed by atoms with Gasteiger partial charge in [0.05, 0.1) is 23.4 Å². The predicted molar refractivity (Wildman–Crippen MR) is 133 cm³/mol. The number of carbonyl (C=O) groups excluding carboxylic acids is 2. The van der Waals surface area contributed by atoms with Gasteiger partial charge in [0.2, 0.25) is 15.9 Å². The molecule has 33 heavy (non-hydrogen) atoms. The average Bonchev–Trinajstić information content (AvgIpc) is 3.30. The van der Waals surface area contributed by atoms with Gasteiger partial charge in [-0.1, -0.05) is 12.1 Å². The summed E-state index contributed by atoms with van der Waals surface area (Å²) >= 11 is 1.37. The molecule has 3 aromatic rings. The van der Waals surface area contributed by atoms with Crippen molar-refractivity contribution in [3.8, 4) is 0 Å². The van der Waals surface area contributed by atoms with Crippen molar-refractivity contribution in [1.29, 1.82) is 0 Å². The zero-order valence-electron chi connectivity index (χ0n) is 18.0. The summed E-state index contributed by atoms with van der Waals surface area (Å²) in [5.41, 5.74) is 3.57. The largest absolute Gasteiger partial charge is 0.362 e. The third-order valence-electron chi connectivity index (χ3n) is 5.15. The normalized spacial score (nSPS) is 13.2. The van der Waals surface area contributed by atoms with Crippen LogP contribution in [0.5, 0.6) is 0 Å². The van der Waals surface area contributed by atoms with Crippen LogP contribution in [0.25, 0.3) is 0 Å². The molecule has 0 aliphatic carbocycles. The lowest BCUT2D eigenvalue weighted by Gasteiger charge is -2.32. The topological polar surface area (TPSA) is 108 Å². The Morgan fingerprint density at radius 1 is 1.00 bits per heavy atom. The van der Waals surface area contributed by atoms with Gasteiger partial charge in [-0.2, -0.15) is 0 Å². The van der Waals surface area contributed by atoms with E-state index in [0.717, 1.165) is 30.3 Å². The molecule has 0 saturated carbocycles. The molecule has 2 aromatic carbocycles. The highest BCUT2D eigenvalue weighted by molar-refractivity contribution is 7.92. The number of fused-ring (bicyclic) bond motifs is 1. The molecular formula is C23H24N4O4S2. The van der Waals surface area contributed by atoms with Crippen molar-refractivity contribution in [2.45, 2.75) is 12.8 Å². The minimum Gasteiger partial charge on any atom is -0.362 e. The maximum Gasteiger partial charge on any atom is 0.265 e. The first-order chi connectivity index (χ1) is 15.8. The molecule has 4 rings (SSSR count). The van der Waals surface area contributed by atoms with E-state index in [0.29, 0.717) is 28.5 Å². The highest BCUT2D eigenvalue weighted by atomic mass is 32.2. The summed E-state index contributed by atoms with van der Waals surface area (Å²) in [6.07, 6.45) is 2.69. The number of nitrogens with zero attached hydrogens (tertiary/aromatic N) is 1. The third kappa shape index (κ3) is 5.91. The summed E-state index contributed by atoms with van der Waals surface area (Å²) in [5.74, 6) is -0.352. The molecule has 172 valence electrons. The van der Waals surface area contributed by atoms with Crippen molar-refractivity contribution in [1.82, 2.24) is 0 Å². The van der Waals surface area contributed by atoms with E-state index < -0.39 is 10.0 Å². The molecule has 8 nitrogen and oxygen atoms in total. The van der Waals surface area contributed by atoms with Gasteiger partial charge in [-0.05, 0) is 66.2 Å². The van der Waals surface area contributed by atoms with E-state index in [1.807, 2.05) is 22.4 Å². The molecule has 0 atom stereocenters. The number of carbonyl (C=O) groups is 2. The molecule has 3 N–H and O–H groups in total. The molecular weight excluding hydrogens is 460 g/mol. The Morgan fingerprint density at radius 3 is 2.39 bits per heavy atom. The van der Waals surface area contributed by atoms with Crippen LogP contribution in [0.1, 0.15) is 21.7 Å². The number of sulfonamides is 1. The maximum atomic E-state index is 12.7. The van der Waals surface area contributed by atoms with Crippen molar-refractivity contribution >= 4 is 55.9 Å². The number of anilines is 4. The van der Waals surface area contributed by atoms with Gasteiger partial charge in [0.1, 0.15) is 0 Å². The molecule has 0 fully saturated rings. The maximum absolute atomic E-state index is 12.7. The van der Waals surface area contributed by atoms with Crippen LogP contribution in [0.3, 0.4) is 0 Å². The van der Waals surface area contributed by atoms with Crippen LogP contribution in [0, 0.1) is 0 Å². The first kappa shape index (κ1) is 22.8. The lowest BCUT2D eigenvalue weighted by Crippen LogP contribution is -2.37. The smallest absolute Gasteiger partial charge is 0.265 e. The second-order valence-electron chi connectivity index (χ2n) is 7.76. The highest BCUT2D eigenvalue weighted by Gasteiger charge is 2.22. The zero-order valence-corrected chi connectivity index (χ0v) is 19.6. The van der Waals surface area contributed by atoms with E-state index in [-0.39, 0.29) is 18.4 Å². The van der Waals surface area contributed by atoms with E-state index >= 15 is 0 Å². The molecule has 0 spiro atoms. The summed E-state index contributed by atoms with van der Waals surface area (Å²) < 4.78 is 25.9. The molecule has 10 heteroatoms. The number of thiophene rings is 1. The Bertz CT molecular complexity index is 1260. The molecule has 1 aliphatic rings. The minimum absolute atomic E-state index is 0.145. The standard InChI is InChI=1S/C23H24N4O4S2/c1-33(30,31)26-19-6-2-7-20-18(19)5-3-13-27(20)15-22(28)24-16-9-11-17(12-10-16)25-23(29)21-8-4-14-32-21/h2,4,6-12,14,26H,3,5,13,15H2,1H3,(H,24,28)(H,25,29). The van der Waals surface area contributed by atoms with Gasteiger partial charge in [0, 0.05) is 23.6 Å². The minimum atomic E-state index is -3.39. The van der Waals surface area contributed by atoms with E-state index in [2.05, 4.69) is 15.4 Å².